The van der Waals surface area contributed by atoms with Crippen LogP contribution in [0.25, 0.3) is 0 Å². The molecule has 0 radical (unpaired) electrons. The number of aliphatic hydroxyl groups is 1. The first-order chi connectivity index (χ1) is 13.1. The van der Waals surface area contributed by atoms with Gasteiger partial charge in [0, 0.05) is 35.9 Å². The van der Waals surface area contributed by atoms with Crippen LogP contribution in [0.3, 0.4) is 0 Å². The highest BCUT2D eigenvalue weighted by Gasteiger charge is 2.31. The van der Waals surface area contributed by atoms with E-state index < -0.39 is 5.60 Å². The molecule has 3 N–H and O–H groups in total. The number of guanidine groups is 1. The highest BCUT2D eigenvalue weighted by Crippen LogP contribution is 2.30. The smallest absolute Gasteiger partial charge is 0.191 e. The standard InChI is InChI=1S/C20H34N4O2S/c1-3-21-19(23-15-20(25)8-4-5-9-20)22-14-17(18-7-6-16(2)27-18)24-10-12-26-13-11-24/h6-7,17,25H,3-5,8-15H2,1-2H3,(H2,21,22,23). The first kappa shape index (κ1) is 20.6. The van der Waals surface area contributed by atoms with Crippen LogP contribution in [-0.4, -0.2) is 67.5 Å². The zero-order valence-corrected chi connectivity index (χ0v) is 17.5. The second-order valence-electron chi connectivity index (χ2n) is 7.62. The lowest BCUT2D eigenvalue weighted by Gasteiger charge is -2.34. The number of nitrogens with one attached hydrogen (secondary N) is 2. The molecule has 1 unspecified atom stereocenters. The number of rotatable bonds is 7. The number of ether oxygens (including phenoxy) is 1. The molecule has 1 saturated carbocycles. The average molecular weight is 395 g/mol. The Hall–Kier alpha value is -1.15. The van der Waals surface area contributed by atoms with E-state index in [2.05, 4.69) is 46.5 Å². The highest BCUT2D eigenvalue weighted by atomic mass is 32.1. The number of hydrogen-bond acceptors (Lipinski definition) is 5. The van der Waals surface area contributed by atoms with Gasteiger partial charge >= 0.3 is 0 Å². The molecule has 6 nitrogen and oxygen atoms in total. The van der Waals surface area contributed by atoms with Crippen LogP contribution in [0.5, 0.6) is 0 Å². The van der Waals surface area contributed by atoms with E-state index in [0.29, 0.717) is 12.6 Å². The minimum atomic E-state index is -0.614. The van der Waals surface area contributed by atoms with Crippen LogP contribution in [-0.2, 0) is 4.74 Å². The van der Waals surface area contributed by atoms with E-state index in [1.165, 1.54) is 9.75 Å². The van der Waals surface area contributed by atoms with Crippen molar-refractivity contribution in [3.63, 3.8) is 0 Å². The van der Waals surface area contributed by atoms with Gasteiger partial charge < -0.3 is 20.5 Å². The Morgan fingerprint density at radius 3 is 2.67 bits per heavy atom. The minimum Gasteiger partial charge on any atom is -0.388 e. The van der Waals surface area contributed by atoms with E-state index in [4.69, 9.17) is 4.74 Å². The van der Waals surface area contributed by atoms with Gasteiger partial charge in [0.05, 0.1) is 31.4 Å². The number of thiophene rings is 1. The van der Waals surface area contributed by atoms with Crippen LogP contribution in [0.15, 0.2) is 17.1 Å². The van der Waals surface area contributed by atoms with Gasteiger partial charge in [0.25, 0.3) is 0 Å². The van der Waals surface area contributed by atoms with Gasteiger partial charge in [-0.1, -0.05) is 12.8 Å². The predicted octanol–water partition coefficient (Wildman–Crippen LogP) is 2.29. The predicted molar refractivity (Wildman–Crippen MR) is 112 cm³/mol. The molecule has 1 aromatic heterocycles. The Balaban J connectivity index is 1.65. The first-order valence-corrected chi connectivity index (χ1v) is 11.0. The molecule has 1 aliphatic carbocycles. The fraction of sp³-hybridized carbons (Fsp3) is 0.750. The lowest BCUT2D eigenvalue weighted by atomic mass is 10.0. The second-order valence-corrected chi connectivity index (χ2v) is 8.94. The van der Waals surface area contributed by atoms with Crippen LogP contribution in [0.2, 0.25) is 0 Å². The summed E-state index contributed by atoms with van der Waals surface area (Å²) in [5.74, 6) is 0.796. The summed E-state index contributed by atoms with van der Waals surface area (Å²) in [6, 6.07) is 4.75. The van der Waals surface area contributed by atoms with Crippen molar-refractivity contribution in [1.82, 2.24) is 15.5 Å². The number of aliphatic imine (C=N–C) groups is 1. The molecule has 0 amide bonds. The Kier molecular flexibility index (Phi) is 7.52. The van der Waals surface area contributed by atoms with Crippen LogP contribution in [0.1, 0.15) is 48.4 Å². The van der Waals surface area contributed by atoms with E-state index in [1.54, 1.807) is 0 Å². The van der Waals surface area contributed by atoms with Gasteiger partial charge in [-0.25, -0.2) is 0 Å². The minimum absolute atomic E-state index is 0.311. The Morgan fingerprint density at radius 2 is 2.04 bits per heavy atom. The van der Waals surface area contributed by atoms with Gasteiger partial charge in [0.1, 0.15) is 0 Å². The highest BCUT2D eigenvalue weighted by molar-refractivity contribution is 7.12. The largest absolute Gasteiger partial charge is 0.388 e. The fourth-order valence-electron chi connectivity index (χ4n) is 3.88. The van der Waals surface area contributed by atoms with Crippen molar-refractivity contribution in [3.8, 4) is 0 Å². The molecule has 0 aromatic carbocycles. The zero-order chi connectivity index (χ0) is 19.1. The Morgan fingerprint density at radius 1 is 1.30 bits per heavy atom. The van der Waals surface area contributed by atoms with Gasteiger partial charge in [-0.05, 0) is 38.8 Å². The van der Waals surface area contributed by atoms with Crippen molar-refractivity contribution >= 4 is 17.3 Å². The third kappa shape index (κ3) is 5.91. The summed E-state index contributed by atoms with van der Waals surface area (Å²) in [6.45, 7) is 9.81. The molecule has 2 aliphatic rings. The van der Waals surface area contributed by atoms with Crippen LogP contribution in [0, 0.1) is 6.92 Å². The maximum atomic E-state index is 10.6. The lowest BCUT2D eigenvalue weighted by molar-refractivity contribution is 0.0177. The monoisotopic (exact) mass is 394 g/mol. The number of morpholine rings is 1. The van der Waals surface area contributed by atoms with E-state index in [1.807, 2.05) is 11.3 Å². The quantitative estimate of drug-likeness (QED) is 0.489. The molecule has 2 heterocycles. The normalized spacial score (nSPS) is 22.0. The van der Waals surface area contributed by atoms with Crippen molar-refractivity contribution in [2.75, 3.05) is 45.9 Å². The maximum absolute atomic E-state index is 10.6. The van der Waals surface area contributed by atoms with Gasteiger partial charge in [0.2, 0.25) is 0 Å². The number of nitrogens with zero attached hydrogens (tertiary/aromatic N) is 2. The maximum Gasteiger partial charge on any atom is 0.191 e. The van der Waals surface area contributed by atoms with Crippen molar-refractivity contribution in [2.24, 2.45) is 4.99 Å². The molecule has 7 heteroatoms. The number of hydrogen-bond donors (Lipinski definition) is 3. The van der Waals surface area contributed by atoms with E-state index >= 15 is 0 Å². The summed E-state index contributed by atoms with van der Waals surface area (Å²) >= 11 is 1.86. The van der Waals surface area contributed by atoms with Crippen LogP contribution >= 0.6 is 11.3 Å². The average Bonchev–Trinajstić information content (AvgIpc) is 3.30. The third-order valence-corrected chi connectivity index (χ3v) is 6.55. The molecule has 3 rings (SSSR count). The van der Waals surface area contributed by atoms with E-state index in [9.17, 15) is 5.11 Å². The zero-order valence-electron chi connectivity index (χ0n) is 16.7. The second kappa shape index (κ2) is 9.87. The van der Waals surface area contributed by atoms with E-state index in [0.717, 1.165) is 71.0 Å². The topological polar surface area (TPSA) is 69.1 Å². The third-order valence-electron chi connectivity index (χ3n) is 5.45. The molecule has 152 valence electrons. The summed E-state index contributed by atoms with van der Waals surface area (Å²) in [5.41, 5.74) is -0.614. The summed E-state index contributed by atoms with van der Waals surface area (Å²) in [7, 11) is 0. The molecule has 1 aliphatic heterocycles. The Bertz CT molecular complexity index is 607. The van der Waals surface area contributed by atoms with Crippen LogP contribution < -0.4 is 10.6 Å². The molecule has 0 bridgehead atoms. The fourth-order valence-corrected chi connectivity index (χ4v) is 4.90. The molecular weight excluding hydrogens is 360 g/mol. The summed E-state index contributed by atoms with van der Waals surface area (Å²) in [4.78, 5) is 9.91. The van der Waals surface area contributed by atoms with Gasteiger partial charge in [-0.3, -0.25) is 9.89 Å². The molecule has 1 aromatic rings. The molecule has 1 saturated heterocycles. The van der Waals surface area contributed by atoms with Crippen LogP contribution in [0.4, 0.5) is 0 Å². The molecule has 0 spiro atoms. The molecular formula is C20H34N4O2S. The summed E-state index contributed by atoms with van der Waals surface area (Å²) in [5, 5.41) is 17.4. The Labute approximate surface area is 167 Å². The summed E-state index contributed by atoms with van der Waals surface area (Å²) in [6.07, 6.45) is 3.93. The van der Waals surface area contributed by atoms with Crippen molar-refractivity contribution in [1.29, 1.82) is 0 Å². The van der Waals surface area contributed by atoms with Gasteiger partial charge in [-0.2, -0.15) is 0 Å². The first-order valence-electron chi connectivity index (χ1n) is 10.2. The van der Waals surface area contributed by atoms with Crippen molar-refractivity contribution in [3.05, 3.63) is 21.9 Å². The SMILES string of the molecule is CCNC(=NCC1(O)CCCC1)NCC(c1ccc(C)s1)N1CCOCC1. The van der Waals surface area contributed by atoms with Crippen molar-refractivity contribution in [2.45, 2.75) is 51.2 Å². The molecule has 27 heavy (non-hydrogen) atoms. The number of aryl methyl sites for hydroxylation is 1. The van der Waals surface area contributed by atoms with E-state index in [-0.39, 0.29) is 0 Å². The lowest BCUT2D eigenvalue weighted by Crippen LogP contribution is -2.46. The van der Waals surface area contributed by atoms with Crippen molar-refractivity contribution < 1.29 is 9.84 Å². The van der Waals surface area contributed by atoms with Gasteiger partial charge in [-0.15, -0.1) is 11.3 Å². The summed E-state index contributed by atoms with van der Waals surface area (Å²) < 4.78 is 5.54. The molecule has 1 atom stereocenters. The van der Waals surface area contributed by atoms with Gasteiger partial charge in [0.15, 0.2) is 5.96 Å². The molecule has 2 fully saturated rings.